The Labute approximate surface area is 214 Å². The third kappa shape index (κ3) is 5.06. The van der Waals surface area contributed by atoms with Crippen LogP contribution in [0, 0.1) is 6.92 Å². The predicted molar refractivity (Wildman–Crippen MR) is 134 cm³/mol. The van der Waals surface area contributed by atoms with Gasteiger partial charge in [0.05, 0.1) is 11.9 Å². The lowest BCUT2D eigenvalue weighted by Crippen LogP contribution is -2.14. The first-order valence-electron chi connectivity index (χ1n) is 10.5. The van der Waals surface area contributed by atoms with Gasteiger partial charge in [-0.25, -0.2) is 4.52 Å². The molecule has 3 aromatic heterocycles. The summed E-state index contributed by atoms with van der Waals surface area (Å²) in [4.78, 5) is 18.9. The zero-order chi connectivity index (χ0) is 26.7. The molecule has 37 heavy (non-hydrogen) atoms. The molecule has 0 saturated heterocycles. The second kappa shape index (κ2) is 7.86. The number of anilines is 1. The number of nitrogens with zero attached hydrogens (tertiary/aromatic N) is 5. The summed E-state index contributed by atoms with van der Waals surface area (Å²) < 4.78 is 69.7. The molecule has 1 amide bonds. The fourth-order valence-electron chi connectivity index (χ4n) is 3.71. The van der Waals surface area contributed by atoms with Crippen molar-refractivity contribution in [3.8, 4) is 17.1 Å². The summed E-state index contributed by atoms with van der Waals surface area (Å²) in [6.45, 7) is 1.84. The van der Waals surface area contributed by atoms with Crippen LogP contribution in [0.2, 0.25) is 0 Å². The van der Waals surface area contributed by atoms with Gasteiger partial charge >= 0.3 is 10.2 Å². The highest BCUT2D eigenvalue weighted by Crippen LogP contribution is 3.02. The lowest BCUT2D eigenvalue weighted by molar-refractivity contribution is 0.102. The SMILES string of the molecule is Cc1ccc(NC(=O)c2cc(Br)cc(S(F)(F)(F)(F)F)c2)cc1-n1ccn2nc(-c3cnccn3)cc12. The van der Waals surface area contributed by atoms with Crippen molar-refractivity contribution >= 4 is 43.4 Å². The highest BCUT2D eigenvalue weighted by Gasteiger charge is 2.65. The molecule has 7 nitrogen and oxygen atoms in total. The molecular formula is C23H16BrF5N6OS. The number of benzene rings is 2. The lowest BCUT2D eigenvalue weighted by Gasteiger charge is -2.40. The maximum Gasteiger partial charge on any atom is 0.310 e. The average Bonchev–Trinajstić information content (AvgIpc) is 3.40. The smallest absolute Gasteiger partial charge is 0.310 e. The van der Waals surface area contributed by atoms with Crippen LogP contribution in [0.15, 0.2) is 82.8 Å². The Kier molecular flexibility index (Phi) is 5.29. The highest BCUT2D eigenvalue weighted by atomic mass is 79.9. The Hall–Kier alpha value is -3.78. The van der Waals surface area contributed by atoms with Gasteiger partial charge in [0.15, 0.2) is 0 Å². The molecular weight excluding hydrogens is 583 g/mol. The maximum atomic E-state index is 13.3. The zero-order valence-corrected chi connectivity index (χ0v) is 21.2. The molecule has 0 unspecified atom stereocenters. The van der Waals surface area contributed by atoms with E-state index < -0.39 is 26.6 Å². The third-order valence-corrected chi connectivity index (χ3v) is 7.04. The fourth-order valence-corrected chi connectivity index (χ4v) is 5.05. The highest BCUT2D eigenvalue weighted by molar-refractivity contribution is 9.10. The van der Waals surface area contributed by atoms with Crippen LogP contribution < -0.4 is 5.32 Å². The average molecular weight is 599 g/mol. The molecule has 192 valence electrons. The van der Waals surface area contributed by atoms with E-state index in [0.717, 1.165) is 11.6 Å². The Morgan fingerprint density at radius 1 is 0.973 bits per heavy atom. The van der Waals surface area contributed by atoms with Crippen molar-refractivity contribution in [1.29, 1.82) is 0 Å². The number of rotatable bonds is 5. The number of nitrogens with one attached hydrogen (secondary N) is 1. The normalized spacial score (nSPS) is 13.8. The van der Waals surface area contributed by atoms with Crippen LogP contribution in [0.25, 0.3) is 22.7 Å². The first-order valence-corrected chi connectivity index (χ1v) is 13.2. The van der Waals surface area contributed by atoms with Crippen LogP contribution in [0.4, 0.5) is 25.1 Å². The lowest BCUT2D eigenvalue weighted by atomic mass is 10.1. The quantitative estimate of drug-likeness (QED) is 0.212. The van der Waals surface area contributed by atoms with Crippen molar-refractivity contribution in [1.82, 2.24) is 24.1 Å². The van der Waals surface area contributed by atoms with Gasteiger partial charge in [-0.1, -0.05) is 41.4 Å². The van der Waals surface area contributed by atoms with Gasteiger partial charge in [-0.3, -0.25) is 19.3 Å². The van der Waals surface area contributed by atoms with E-state index in [4.69, 9.17) is 0 Å². The fraction of sp³-hybridized carbons (Fsp3) is 0.0435. The number of fused-ring (bicyclic) bond motifs is 1. The number of halogens is 6. The molecule has 0 radical (unpaired) electrons. The monoisotopic (exact) mass is 598 g/mol. The van der Waals surface area contributed by atoms with E-state index in [-0.39, 0.29) is 22.3 Å². The van der Waals surface area contributed by atoms with E-state index in [1.54, 1.807) is 59.8 Å². The van der Waals surface area contributed by atoms with Gasteiger partial charge in [-0.15, -0.1) is 0 Å². The number of carbonyl (C=O) groups is 1. The largest absolute Gasteiger partial charge is 0.322 e. The van der Waals surface area contributed by atoms with E-state index in [1.165, 1.54) is 0 Å². The second-order valence-corrected chi connectivity index (χ2v) is 11.5. The maximum absolute atomic E-state index is 13.3. The summed E-state index contributed by atoms with van der Waals surface area (Å²) >= 11 is 2.78. The van der Waals surface area contributed by atoms with E-state index >= 15 is 0 Å². The van der Waals surface area contributed by atoms with Gasteiger partial charge in [0.1, 0.15) is 21.9 Å². The molecule has 0 aliphatic heterocycles. The van der Waals surface area contributed by atoms with Crippen molar-refractivity contribution in [3.63, 3.8) is 0 Å². The van der Waals surface area contributed by atoms with Crippen molar-refractivity contribution < 1.29 is 24.2 Å². The van der Waals surface area contributed by atoms with Gasteiger partial charge < -0.3 is 5.32 Å². The molecule has 14 heteroatoms. The van der Waals surface area contributed by atoms with Crippen molar-refractivity contribution in [2.45, 2.75) is 11.8 Å². The summed E-state index contributed by atoms with van der Waals surface area (Å²) in [7, 11) is -9.99. The molecule has 0 spiro atoms. The molecule has 0 aliphatic rings. The molecule has 0 fully saturated rings. The number of hydrogen-bond acceptors (Lipinski definition) is 4. The molecule has 0 saturated carbocycles. The predicted octanol–water partition coefficient (Wildman–Crippen LogP) is 7.56. The molecule has 5 rings (SSSR count). The van der Waals surface area contributed by atoms with Crippen molar-refractivity contribution in [2.24, 2.45) is 0 Å². The van der Waals surface area contributed by atoms with Crippen LogP contribution in [-0.4, -0.2) is 30.1 Å². The Morgan fingerprint density at radius 3 is 2.46 bits per heavy atom. The summed E-state index contributed by atoms with van der Waals surface area (Å²) in [5.41, 5.74) is 3.00. The molecule has 0 aliphatic carbocycles. The summed E-state index contributed by atoms with van der Waals surface area (Å²) in [6, 6.07) is 8.12. The molecule has 2 aromatic carbocycles. The number of carbonyl (C=O) groups excluding carboxylic acids is 1. The molecule has 0 atom stereocenters. The van der Waals surface area contributed by atoms with Crippen LogP contribution in [-0.2, 0) is 0 Å². The number of aryl methyl sites for hydroxylation is 1. The van der Waals surface area contributed by atoms with Gasteiger partial charge in [-0.05, 0) is 42.8 Å². The second-order valence-electron chi connectivity index (χ2n) is 8.19. The topological polar surface area (TPSA) is 77.1 Å². The molecule has 3 heterocycles. The van der Waals surface area contributed by atoms with Crippen LogP contribution in [0.1, 0.15) is 15.9 Å². The Morgan fingerprint density at radius 2 is 1.76 bits per heavy atom. The Bertz CT molecular complexity index is 1690. The van der Waals surface area contributed by atoms with E-state index in [0.29, 0.717) is 22.7 Å². The molecule has 5 aromatic rings. The standard InChI is InChI=1S/C23H16BrF5N6OS/c1-14-2-3-17(32-23(36)15-8-16(24)10-18(9-15)37(25,26,27,28)29)11-21(14)34-6-7-35-22(34)12-19(33-35)20-13-30-4-5-31-20/h2-13H,1H3,(H,32,36). The summed E-state index contributed by atoms with van der Waals surface area (Å²) in [5.74, 6) is -0.980. The van der Waals surface area contributed by atoms with E-state index in [2.05, 4.69) is 36.3 Å². The van der Waals surface area contributed by atoms with Crippen LogP contribution >= 0.6 is 26.2 Å². The summed E-state index contributed by atoms with van der Waals surface area (Å²) in [5, 5.41) is 6.97. The third-order valence-electron chi connectivity index (χ3n) is 5.45. The number of hydrogen-bond donors (Lipinski definition) is 1. The first-order chi connectivity index (χ1) is 17.2. The summed E-state index contributed by atoms with van der Waals surface area (Å²) in [6.07, 6.45) is 8.16. The van der Waals surface area contributed by atoms with Crippen LogP contribution in [0.3, 0.4) is 0 Å². The van der Waals surface area contributed by atoms with Crippen molar-refractivity contribution in [3.05, 3.63) is 89.0 Å². The van der Waals surface area contributed by atoms with Crippen LogP contribution in [0.5, 0.6) is 0 Å². The van der Waals surface area contributed by atoms with Gasteiger partial charge in [0.25, 0.3) is 5.91 Å². The van der Waals surface area contributed by atoms with Gasteiger partial charge in [0.2, 0.25) is 0 Å². The van der Waals surface area contributed by atoms with Gasteiger partial charge in [-0.2, -0.15) is 5.10 Å². The Balaban J connectivity index is 1.48. The molecule has 1 N–H and O–H groups in total. The molecule has 0 bridgehead atoms. The minimum absolute atomic E-state index is 0.145. The van der Waals surface area contributed by atoms with Gasteiger partial charge in [0, 0.05) is 46.6 Å². The van der Waals surface area contributed by atoms with Crippen molar-refractivity contribution in [2.75, 3.05) is 5.32 Å². The first kappa shape index (κ1) is 24.9. The zero-order valence-electron chi connectivity index (χ0n) is 18.7. The number of imidazole rings is 1. The van der Waals surface area contributed by atoms with E-state index in [9.17, 15) is 24.2 Å². The number of aromatic nitrogens is 5. The number of amides is 1. The minimum Gasteiger partial charge on any atom is -0.322 e. The van der Waals surface area contributed by atoms with E-state index in [1.807, 2.05) is 11.5 Å². The minimum atomic E-state index is -9.99.